The Balaban J connectivity index is 0.00000162. The van der Waals surface area contributed by atoms with Crippen molar-refractivity contribution in [3.05, 3.63) is 0 Å². The Morgan fingerprint density at radius 1 is 1.39 bits per heavy atom. The summed E-state index contributed by atoms with van der Waals surface area (Å²) in [6, 6.07) is 0. The molecule has 0 aromatic rings. The molecule has 2 saturated heterocycles. The van der Waals surface area contributed by atoms with E-state index >= 15 is 0 Å². The number of morpholine rings is 1. The minimum absolute atomic E-state index is 0. The number of nitrogens with two attached hydrogens (primary N) is 1. The number of rotatable bonds is 2. The van der Waals surface area contributed by atoms with Crippen molar-refractivity contribution in [3.63, 3.8) is 0 Å². The normalized spacial score (nSPS) is 28.0. The molecule has 0 aliphatic carbocycles. The third-order valence-corrected chi connectivity index (χ3v) is 3.35. The highest BCUT2D eigenvalue weighted by Crippen LogP contribution is 2.29. The van der Waals surface area contributed by atoms with Crippen LogP contribution in [0, 0.1) is 0 Å². The van der Waals surface area contributed by atoms with Crippen LogP contribution in [-0.4, -0.2) is 55.4 Å². The zero-order chi connectivity index (χ0) is 12.3. The average molecular weight is 369 g/mol. The van der Waals surface area contributed by atoms with E-state index in [4.69, 9.17) is 15.2 Å². The minimum atomic E-state index is 0. The van der Waals surface area contributed by atoms with Crippen molar-refractivity contribution in [3.8, 4) is 0 Å². The number of nitrogens with zero attached hydrogens (tertiary/aromatic N) is 2. The van der Waals surface area contributed by atoms with Crippen LogP contribution in [-0.2, 0) is 9.47 Å². The Morgan fingerprint density at radius 3 is 2.61 bits per heavy atom. The lowest BCUT2D eigenvalue weighted by molar-refractivity contribution is -0.0108. The summed E-state index contributed by atoms with van der Waals surface area (Å²) in [4.78, 5) is 6.51. The molecule has 2 rings (SSSR count). The molecule has 18 heavy (non-hydrogen) atoms. The van der Waals surface area contributed by atoms with Gasteiger partial charge < -0.3 is 20.1 Å². The van der Waals surface area contributed by atoms with Gasteiger partial charge in [0.25, 0.3) is 0 Å². The number of aliphatic imine (C=N–C) groups is 1. The van der Waals surface area contributed by atoms with Crippen LogP contribution in [0.25, 0.3) is 0 Å². The highest BCUT2D eigenvalue weighted by molar-refractivity contribution is 14.0. The molecule has 1 unspecified atom stereocenters. The summed E-state index contributed by atoms with van der Waals surface area (Å²) in [5, 5.41) is 0. The second-order valence-corrected chi connectivity index (χ2v) is 5.34. The van der Waals surface area contributed by atoms with E-state index in [1.165, 1.54) is 0 Å². The van der Waals surface area contributed by atoms with Crippen LogP contribution in [0.15, 0.2) is 4.99 Å². The van der Waals surface area contributed by atoms with Crippen LogP contribution in [0.2, 0.25) is 0 Å². The van der Waals surface area contributed by atoms with Crippen LogP contribution >= 0.6 is 24.0 Å². The smallest absolute Gasteiger partial charge is 0.191 e. The molecule has 0 saturated carbocycles. The fraction of sp³-hybridized carbons (Fsp3) is 0.917. The predicted molar refractivity (Wildman–Crippen MR) is 82.5 cm³/mol. The van der Waals surface area contributed by atoms with Gasteiger partial charge in [-0.1, -0.05) is 0 Å². The molecule has 2 N–H and O–H groups in total. The summed E-state index contributed by atoms with van der Waals surface area (Å²) in [6.45, 7) is 8.09. The van der Waals surface area contributed by atoms with Gasteiger partial charge in [-0.3, -0.25) is 4.99 Å². The topological polar surface area (TPSA) is 60.1 Å². The Morgan fingerprint density at radius 2 is 2.06 bits per heavy atom. The van der Waals surface area contributed by atoms with Crippen molar-refractivity contribution >= 4 is 29.9 Å². The average Bonchev–Trinajstić information content (AvgIpc) is 2.67. The predicted octanol–water partition coefficient (Wildman–Crippen LogP) is 1.21. The molecule has 0 spiro atoms. The van der Waals surface area contributed by atoms with Crippen molar-refractivity contribution in [2.45, 2.75) is 38.4 Å². The summed E-state index contributed by atoms with van der Waals surface area (Å²) >= 11 is 0. The number of guanidine groups is 1. The minimum Gasteiger partial charge on any atom is -0.378 e. The summed E-state index contributed by atoms with van der Waals surface area (Å²) in [5.74, 6) is 0.626. The van der Waals surface area contributed by atoms with Gasteiger partial charge in [0.1, 0.15) is 0 Å². The monoisotopic (exact) mass is 369 g/mol. The zero-order valence-electron chi connectivity index (χ0n) is 11.2. The first-order valence-corrected chi connectivity index (χ1v) is 6.37. The number of hydrogen-bond acceptors (Lipinski definition) is 3. The Labute approximate surface area is 126 Å². The summed E-state index contributed by atoms with van der Waals surface area (Å²) < 4.78 is 11.2. The molecule has 2 fully saturated rings. The maximum Gasteiger partial charge on any atom is 0.191 e. The molecule has 2 aliphatic rings. The molecule has 0 radical (unpaired) electrons. The number of ether oxygens (including phenoxy) is 2. The van der Waals surface area contributed by atoms with Gasteiger partial charge in [-0.25, -0.2) is 0 Å². The first kappa shape index (κ1) is 16.0. The second kappa shape index (κ2) is 6.91. The SMILES string of the molecule is CC1(C)CCC(CN=C(N)N2CCOCC2)O1.I. The Hall–Kier alpha value is -0.0800. The van der Waals surface area contributed by atoms with Crippen molar-refractivity contribution in [1.82, 2.24) is 4.90 Å². The van der Waals surface area contributed by atoms with E-state index in [0.717, 1.165) is 39.1 Å². The molecule has 106 valence electrons. The third-order valence-electron chi connectivity index (χ3n) is 3.35. The van der Waals surface area contributed by atoms with Gasteiger partial charge in [0.05, 0.1) is 31.5 Å². The van der Waals surface area contributed by atoms with Gasteiger partial charge in [-0.15, -0.1) is 24.0 Å². The van der Waals surface area contributed by atoms with Crippen LogP contribution in [0.4, 0.5) is 0 Å². The molecule has 0 bridgehead atoms. The lowest BCUT2D eigenvalue weighted by atomic mass is 10.1. The molecule has 5 nitrogen and oxygen atoms in total. The van der Waals surface area contributed by atoms with Crippen LogP contribution in [0.1, 0.15) is 26.7 Å². The quantitative estimate of drug-likeness (QED) is 0.452. The van der Waals surface area contributed by atoms with Gasteiger partial charge in [0, 0.05) is 13.1 Å². The van der Waals surface area contributed by atoms with Crippen LogP contribution in [0.3, 0.4) is 0 Å². The van der Waals surface area contributed by atoms with E-state index in [2.05, 4.69) is 23.7 Å². The van der Waals surface area contributed by atoms with Gasteiger partial charge in [0.2, 0.25) is 0 Å². The van der Waals surface area contributed by atoms with Crippen molar-refractivity contribution in [2.24, 2.45) is 10.7 Å². The Bertz CT molecular complexity index is 291. The lowest BCUT2D eigenvalue weighted by Crippen LogP contribution is -2.45. The van der Waals surface area contributed by atoms with E-state index < -0.39 is 0 Å². The molecule has 1 atom stereocenters. The molecule has 2 aliphatic heterocycles. The van der Waals surface area contributed by atoms with Crippen molar-refractivity contribution < 1.29 is 9.47 Å². The maximum atomic E-state index is 5.96. The molecule has 0 amide bonds. The largest absolute Gasteiger partial charge is 0.378 e. The van der Waals surface area contributed by atoms with Gasteiger partial charge >= 0.3 is 0 Å². The van der Waals surface area contributed by atoms with Crippen LogP contribution < -0.4 is 5.73 Å². The molecule has 0 aromatic heterocycles. The van der Waals surface area contributed by atoms with Gasteiger partial charge in [-0.2, -0.15) is 0 Å². The third kappa shape index (κ3) is 4.55. The van der Waals surface area contributed by atoms with Gasteiger partial charge in [-0.05, 0) is 26.7 Å². The molecular weight excluding hydrogens is 345 g/mol. The maximum absolute atomic E-state index is 5.96. The number of halogens is 1. The Kier molecular flexibility index (Phi) is 6.13. The highest BCUT2D eigenvalue weighted by atomic mass is 127. The van der Waals surface area contributed by atoms with E-state index in [1.54, 1.807) is 0 Å². The summed E-state index contributed by atoms with van der Waals surface area (Å²) in [6.07, 6.45) is 2.40. The number of hydrogen-bond donors (Lipinski definition) is 1. The summed E-state index contributed by atoms with van der Waals surface area (Å²) in [5.41, 5.74) is 5.97. The van der Waals surface area contributed by atoms with Crippen molar-refractivity contribution in [1.29, 1.82) is 0 Å². The molecule has 2 heterocycles. The van der Waals surface area contributed by atoms with Gasteiger partial charge in [0.15, 0.2) is 5.96 Å². The fourth-order valence-electron chi connectivity index (χ4n) is 2.29. The standard InChI is InChI=1S/C12H23N3O2.HI/c1-12(2)4-3-10(17-12)9-14-11(13)15-5-7-16-8-6-15;/h10H,3-9H2,1-2H3,(H2,13,14);1H. The van der Waals surface area contributed by atoms with E-state index in [9.17, 15) is 0 Å². The zero-order valence-corrected chi connectivity index (χ0v) is 13.6. The lowest BCUT2D eigenvalue weighted by Gasteiger charge is -2.27. The first-order chi connectivity index (χ1) is 8.07. The molecule has 0 aromatic carbocycles. The second-order valence-electron chi connectivity index (χ2n) is 5.34. The van der Waals surface area contributed by atoms with E-state index in [1.807, 2.05) is 0 Å². The summed E-state index contributed by atoms with van der Waals surface area (Å²) in [7, 11) is 0. The fourth-order valence-corrected chi connectivity index (χ4v) is 2.29. The van der Waals surface area contributed by atoms with E-state index in [-0.39, 0.29) is 35.7 Å². The molecular formula is C12H24IN3O2. The van der Waals surface area contributed by atoms with E-state index in [0.29, 0.717) is 12.5 Å². The molecule has 6 heteroatoms. The first-order valence-electron chi connectivity index (χ1n) is 6.37. The van der Waals surface area contributed by atoms with Crippen LogP contribution in [0.5, 0.6) is 0 Å². The van der Waals surface area contributed by atoms with Crippen molar-refractivity contribution in [2.75, 3.05) is 32.8 Å². The highest BCUT2D eigenvalue weighted by Gasteiger charge is 2.31.